The molecule has 0 aliphatic carbocycles. The molecule has 0 saturated carbocycles. The fourth-order valence-corrected chi connectivity index (χ4v) is 4.25. The Hall–Kier alpha value is -2.92. The van der Waals surface area contributed by atoms with Crippen LogP contribution in [0.25, 0.3) is 0 Å². The maximum Gasteiger partial charge on any atom is 0.258 e. The summed E-state index contributed by atoms with van der Waals surface area (Å²) in [6.45, 7) is 3.19. The summed E-state index contributed by atoms with van der Waals surface area (Å²) in [6, 6.07) is 17.7. The summed E-state index contributed by atoms with van der Waals surface area (Å²) in [5.74, 6) is 0.0682. The summed E-state index contributed by atoms with van der Waals surface area (Å²) in [5, 5.41) is 4.96. The van der Waals surface area contributed by atoms with Gasteiger partial charge in [-0.15, -0.1) is 11.3 Å². The van der Waals surface area contributed by atoms with E-state index in [-0.39, 0.29) is 11.8 Å². The number of amides is 2. The van der Waals surface area contributed by atoms with Gasteiger partial charge in [-0.3, -0.25) is 9.59 Å². The van der Waals surface area contributed by atoms with Crippen molar-refractivity contribution in [3.8, 4) is 0 Å². The SMILES string of the molecule is Cc1cccc(C(=O)N2CCc3cc(CNC(=O)Cc4cccs4)ccc32)c1. The van der Waals surface area contributed by atoms with Crippen LogP contribution in [0.2, 0.25) is 0 Å². The average molecular weight is 391 g/mol. The van der Waals surface area contributed by atoms with Gasteiger partial charge in [0, 0.05) is 29.2 Å². The number of carbonyl (C=O) groups is 2. The molecule has 28 heavy (non-hydrogen) atoms. The normalized spacial score (nSPS) is 12.7. The van der Waals surface area contributed by atoms with Crippen LogP contribution in [0, 0.1) is 6.92 Å². The van der Waals surface area contributed by atoms with Gasteiger partial charge in [-0.2, -0.15) is 0 Å². The lowest BCUT2D eigenvalue weighted by molar-refractivity contribution is -0.120. The highest BCUT2D eigenvalue weighted by atomic mass is 32.1. The summed E-state index contributed by atoms with van der Waals surface area (Å²) in [5.41, 5.74) is 4.99. The third-order valence-electron chi connectivity index (χ3n) is 4.95. The molecule has 0 radical (unpaired) electrons. The maximum absolute atomic E-state index is 12.9. The number of hydrogen-bond acceptors (Lipinski definition) is 3. The standard InChI is InChI=1S/C23H22N2O2S/c1-16-4-2-5-19(12-16)23(27)25-10-9-18-13-17(7-8-21(18)25)15-24-22(26)14-20-6-3-11-28-20/h2-8,11-13H,9-10,14-15H2,1H3,(H,24,26). The van der Waals surface area contributed by atoms with Crippen LogP contribution >= 0.6 is 11.3 Å². The lowest BCUT2D eigenvalue weighted by Gasteiger charge is -2.18. The predicted molar refractivity (Wildman–Crippen MR) is 113 cm³/mol. The topological polar surface area (TPSA) is 49.4 Å². The number of thiophene rings is 1. The number of hydrogen-bond donors (Lipinski definition) is 1. The molecular weight excluding hydrogens is 368 g/mol. The molecule has 1 N–H and O–H groups in total. The first kappa shape index (κ1) is 18.4. The van der Waals surface area contributed by atoms with Crippen molar-refractivity contribution in [3.63, 3.8) is 0 Å². The number of anilines is 1. The fourth-order valence-electron chi connectivity index (χ4n) is 3.54. The van der Waals surface area contributed by atoms with Crippen LogP contribution in [0.1, 0.15) is 31.9 Å². The van der Waals surface area contributed by atoms with Gasteiger partial charge in [0.2, 0.25) is 5.91 Å². The number of rotatable bonds is 5. The minimum absolute atomic E-state index is 0.0270. The van der Waals surface area contributed by atoms with E-state index in [1.54, 1.807) is 11.3 Å². The summed E-state index contributed by atoms with van der Waals surface area (Å²) >= 11 is 1.59. The van der Waals surface area contributed by atoms with Gasteiger partial charge in [0.25, 0.3) is 5.91 Å². The van der Waals surface area contributed by atoms with Crippen molar-refractivity contribution >= 4 is 28.8 Å². The fraction of sp³-hybridized carbons (Fsp3) is 0.217. The highest BCUT2D eigenvalue weighted by molar-refractivity contribution is 7.10. The first-order valence-corrected chi connectivity index (χ1v) is 10.3. The molecule has 4 rings (SSSR count). The molecule has 0 atom stereocenters. The summed E-state index contributed by atoms with van der Waals surface area (Å²) in [7, 11) is 0. The molecule has 5 heteroatoms. The van der Waals surface area contributed by atoms with Crippen LogP contribution < -0.4 is 10.2 Å². The molecule has 3 aromatic rings. The third-order valence-corrected chi connectivity index (χ3v) is 5.83. The summed E-state index contributed by atoms with van der Waals surface area (Å²) < 4.78 is 0. The zero-order chi connectivity index (χ0) is 19.5. The Kier molecular flexibility index (Phi) is 5.26. The van der Waals surface area contributed by atoms with E-state index < -0.39 is 0 Å². The van der Waals surface area contributed by atoms with E-state index in [4.69, 9.17) is 0 Å². The molecule has 1 aliphatic heterocycles. The van der Waals surface area contributed by atoms with Crippen molar-refractivity contribution < 1.29 is 9.59 Å². The van der Waals surface area contributed by atoms with Crippen LogP contribution in [0.3, 0.4) is 0 Å². The molecule has 2 aromatic carbocycles. The Morgan fingerprint density at radius 2 is 2.00 bits per heavy atom. The quantitative estimate of drug-likeness (QED) is 0.712. The van der Waals surface area contributed by atoms with Gasteiger partial charge in [0.05, 0.1) is 6.42 Å². The Bertz CT molecular complexity index is 1010. The molecule has 0 unspecified atom stereocenters. The maximum atomic E-state index is 12.9. The largest absolute Gasteiger partial charge is 0.352 e. The minimum Gasteiger partial charge on any atom is -0.352 e. The molecule has 0 spiro atoms. The van der Waals surface area contributed by atoms with E-state index in [1.807, 2.05) is 65.7 Å². The van der Waals surface area contributed by atoms with Crippen molar-refractivity contribution in [2.24, 2.45) is 0 Å². The van der Waals surface area contributed by atoms with Crippen LogP contribution in [-0.2, 0) is 24.2 Å². The van der Waals surface area contributed by atoms with Gasteiger partial charge in [-0.05, 0) is 54.1 Å². The zero-order valence-electron chi connectivity index (χ0n) is 15.8. The van der Waals surface area contributed by atoms with Gasteiger partial charge in [-0.1, -0.05) is 35.9 Å². The second-order valence-corrected chi connectivity index (χ2v) is 8.10. The lowest BCUT2D eigenvalue weighted by Crippen LogP contribution is -2.28. The minimum atomic E-state index is 0.0270. The Morgan fingerprint density at radius 3 is 2.79 bits per heavy atom. The summed E-state index contributed by atoms with van der Waals surface area (Å²) in [4.78, 5) is 27.9. The molecule has 1 aliphatic rings. The Balaban J connectivity index is 1.42. The molecule has 1 aromatic heterocycles. The van der Waals surface area contributed by atoms with Crippen LogP contribution in [-0.4, -0.2) is 18.4 Å². The summed E-state index contributed by atoms with van der Waals surface area (Å²) in [6.07, 6.45) is 1.26. The molecule has 2 amide bonds. The Morgan fingerprint density at radius 1 is 1.11 bits per heavy atom. The van der Waals surface area contributed by atoms with E-state index in [0.717, 1.165) is 39.2 Å². The second kappa shape index (κ2) is 7.98. The molecule has 142 valence electrons. The first-order chi connectivity index (χ1) is 13.6. The highest BCUT2D eigenvalue weighted by Gasteiger charge is 2.25. The van der Waals surface area contributed by atoms with E-state index in [0.29, 0.717) is 19.5 Å². The van der Waals surface area contributed by atoms with Gasteiger partial charge in [0.15, 0.2) is 0 Å². The average Bonchev–Trinajstić information content (AvgIpc) is 3.35. The van der Waals surface area contributed by atoms with Crippen molar-refractivity contribution in [1.82, 2.24) is 5.32 Å². The van der Waals surface area contributed by atoms with Crippen LogP contribution in [0.4, 0.5) is 5.69 Å². The molecule has 0 bridgehead atoms. The second-order valence-electron chi connectivity index (χ2n) is 7.07. The monoisotopic (exact) mass is 390 g/mol. The molecular formula is C23H22N2O2S. The first-order valence-electron chi connectivity index (χ1n) is 9.39. The van der Waals surface area contributed by atoms with Crippen LogP contribution in [0.15, 0.2) is 60.0 Å². The number of aryl methyl sites for hydroxylation is 1. The van der Waals surface area contributed by atoms with Crippen molar-refractivity contribution in [2.45, 2.75) is 26.3 Å². The van der Waals surface area contributed by atoms with Gasteiger partial charge in [-0.25, -0.2) is 0 Å². The third kappa shape index (κ3) is 3.99. The number of fused-ring (bicyclic) bond motifs is 1. The highest BCUT2D eigenvalue weighted by Crippen LogP contribution is 2.30. The van der Waals surface area contributed by atoms with Gasteiger partial charge >= 0.3 is 0 Å². The zero-order valence-corrected chi connectivity index (χ0v) is 16.6. The van der Waals surface area contributed by atoms with E-state index >= 15 is 0 Å². The van der Waals surface area contributed by atoms with Crippen molar-refractivity contribution in [2.75, 3.05) is 11.4 Å². The Labute approximate surface area is 168 Å². The van der Waals surface area contributed by atoms with E-state index in [1.165, 1.54) is 0 Å². The van der Waals surface area contributed by atoms with Crippen molar-refractivity contribution in [3.05, 3.63) is 87.1 Å². The van der Waals surface area contributed by atoms with E-state index in [2.05, 4.69) is 11.4 Å². The smallest absolute Gasteiger partial charge is 0.258 e. The van der Waals surface area contributed by atoms with Crippen LogP contribution in [0.5, 0.6) is 0 Å². The molecule has 2 heterocycles. The number of benzene rings is 2. The molecule has 0 fully saturated rings. The predicted octanol–water partition coefficient (Wildman–Crippen LogP) is 4.12. The molecule has 4 nitrogen and oxygen atoms in total. The van der Waals surface area contributed by atoms with Gasteiger partial charge < -0.3 is 10.2 Å². The van der Waals surface area contributed by atoms with Crippen molar-refractivity contribution in [1.29, 1.82) is 0 Å². The van der Waals surface area contributed by atoms with Gasteiger partial charge in [0.1, 0.15) is 0 Å². The number of carbonyl (C=O) groups excluding carboxylic acids is 2. The van der Waals surface area contributed by atoms with E-state index in [9.17, 15) is 9.59 Å². The lowest BCUT2D eigenvalue weighted by atomic mass is 10.1. The molecule has 0 saturated heterocycles. The number of nitrogens with one attached hydrogen (secondary N) is 1. The number of nitrogens with zero attached hydrogens (tertiary/aromatic N) is 1.